The summed E-state index contributed by atoms with van der Waals surface area (Å²) in [6, 6.07) is 1.71. The lowest BCUT2D eigenvalue weighted by atomic mass is 10.0. The van der Waals surface area contributed by atoms with E-state index in [-0.39, 0.29) is 5.78 Å². The van der Waals surface area contributed by atoms with E-state index < -0.39 is 0 Å². The molecule has 0 aromatic carbocycles. The third-order valence-electron chi connectivity index (χ3n) is 2.00. The van der Waals surface area contributed by atoms with E-state index in [0.717, 1.165) is 12.8 Å². The van der Waals surface area contributed by atoms with Gasteiger partial charge in [-0.05, 0) is 18.4 Å². The van der Waals surface area contributed by atoms with Crippen molar-refractivity contribution < 1.29 is 4.79 Å². The lowest BCUT2D eigenvalue weighted by Crippen LogP contribution is -2.04. The first-order valence-electron chi connectivity index (χ1n) is 5.00. The lowest BCUT2D eigenvalue weighted by molar-refractivity contribution is 0.0968. The standard InChI is InChI=1S/C11H16N2O/c1-9(2)5-3-6-10(14)11-12-7-4-8-13-11/h4,7-9H,3,5-6H2,1-2H3. The lowest BCUT2D eigenvalue weighted by Gasteiger charge is -2.02. The highest BCUT2D eigenvalue weighted by atomic mass is 16.1. The van der Waals surface area contributed by atoms with Crippen LogP contribution in [0.4, 0.5) is 0 Å². The first-order valence-corrected chi connectivity index (χ1v) is 5.00. The number of hydrogen-bond acceptors (Lipinski definition) is 3. The number of hydrogen-bond donors (Lipinski definition) is 0. The minimum absolute atomic E-state index is 0.0475. The van der Waals surface area contributed by atoms with Crippen LogP contribution in [0.5, 0.6) is 0 Å². The molecule has 3 heteroatoms. The van der Waals surface area contributed by atoms with Crippen molar-refractivity contribution in [3.63, 3.8) is 0 Å². The Balaban J connectivity index is 2.36. The van der Waals surface area contributed by atoms with Crippen LogP contribution < -0.4 is 0 Å². The molecule has 1 heterocycles. The van der Waals surface area contributed by atoms with Crippen molar-refractivity contribution in [3.8, 4) is 0 Å². The molecule has 0 spiro atoms. The zero-order chi connectivity index (χ0) is 10.4. The van der Waals surface area contributed by atoms with Crippen LogP contribution in [0, 0.1) is 5.92 Å². The Bertz CT molecular complexity index is 283. The molecule has 0 aliphatic carbocycles. The summed E-state index contributed by atoms with van der Waals surface area (Å²) in [6.07, 6.45) is 5.76. The SMILES string of the molecule is CC(C)CCCC(=O)c1ncccn1. The average molecular weight is 192 g/mol. The highest BCUT2D eigenvalue weighted by Crippen LogP contribution is 2.08. The Hall–Kier alpha value is -1.25. The molecule has 1 rings (SSSR count). The first-order chi connectivity index (χ1) is 6.70. The van der Waals surface area contributed by atoms with Crippen molar-refractivity contribution in [2.75, 3.05) is 0 Å². The molecule has 1 aromatic heterocycles. The molecule has 0 aliphatic rings. The highest BCUT2D eigenvalue weighted by molar-refractivity contribution is 5.92. The monoisotopic (exact) mass is 192 g/mol. The van der Waals surface area contributed by atoms with Gasteiger partial charge in [-0.3, -0.25) is 4.79 Å². The van der Waals surface area contributed by atoms with E-state index in [1.54, 1.807) is 18.5 Å². The number of nitrogens with zero attached hydrogens (tertiary/aromatic N) is 2. The number of ketones is 1. The number of rotatable bonds is 5. The van der Waals surface area contributed by atoms with Crippen LogP contribution >= 0.6 is 0 Å². The zero-order valence-corrected chi connectivity index (χ0v) is 8.73. The number of aromatic nitrogens is 2. The molecule has 1 aromatic rings. The Morgan fingerprint density at radius 3 is 2.57 bits per heavy atom. The highest BCUT2D eigenvalue weighted by Gasteiger charge is 2.07. The Labute approximate surface area is 84.6 Å². The van der Waals surface area contributed by atoms with E-state index in [9.17, 15) is 4.79 Å². The predicted molar refractivity (Wildman–Crippen MR) is 55.1 cm³/mol. The normalized spacial score (nSPS) is 10.5. The molecule has 0 atom stereocenters. The van der Waals surface area contributed by atoms with Crippen LogP contribution in [0.15, 0.2) is 18.5 Å². The van der Waals surface area contributed by atoms with Gasteiger partial charge in [0.05, 0.1) is 0 Å². The molecule has 76 valence electrons. The van der Waals surface area contributed by atoms with Crippen LogP contribution in [0.1, 0.15) is 43.7 Å². The summed E-state index contributed by atoms with van der Waals surface area (Å²) in [5.74, 6) is 1.04. The minimum atomic E-state index is 0.0475. The number of carbonyl (C=O) groups is 1. The maximum absolute atomic E-state index is 11.5. The molecule has 0 amide bonds. The number of Topliss-reactive ketones (excluding diaryl/α,β-unsaturated/α-hetero) is 1. The van der Waals surface area contributed by atoms with Gasteiger partial charge in [-0.15, -0.1) is 0 Å². The maximum atomic E-state index is 11.5. The van der Waals surface area contributed by atoms with Gasteiger partial charge in [0.2, 0.25) is 0 Å². The van der Waals surface area contributed by atoms with E-state index in [1.165, 1.54) is 0 Å². The van der Waals surface area contributed by atoms with E-state index in [1.807, 2.05) is 0 Å². The molecule has 0 aliphatic heterocycles. The van der Waals surface area contributed by atoms with Crippen molar-refractivity contribution in [2.24, 2.45) is 5.92 Å². The number of carbonyl (C=O) groups excluding carboxylic acids is 1. The van der Waals surface area contributed by atoms with Gasteiger partial charge in [0.15, 0.2) is 11.6 Å². The molecular weight excluding hydrogens is 176 g/mol. The second kappa shape index (κ2) is 5.47. The van der Waals surface area contributed by atoms with Crippen LogP contribution in [0.25, 0.3) is 0 Å². The van der Waals surface area contributed by atoms with Crippen molar-refractivity contribution >= 4 is 5.78 Å². The molecule has 0 N–H and O–H groups in total. The molecule has 0 saturated carbocycles. The second-order valence-electron chi connectivity index (χ2n) is 3.78. The summed E-state index contributed by atoms with van der Waals surface area (Å²) < 4.78 is 0. The topological polar surface area (TPSA) is 42.9 Å². The fourth-order valence-electron chi connectivity index (χ4n) is 1.23. The first kappa shape index (κ1) is 10.8. The van der Waals surface area contributed by atoms with Gasteiger partial charge in [0, 0.05) is 18.8 Å². The third kappa shape index (κ3) is 3.64. The quantitative estimate of drug-likeness (QED) is 0.673. The molecule has 0 fully saturated rings. The van der Waals surface area contributed by atoms with E-state index >= 15 is 0 Å². The summed E-state index contributed by atoms with van der Waals surface area (Å²) in [6.45, 7) is 4.31. The van der Waals surface area contributed by atoms with Gasteiger partial charge in [-0.1, -0.05) is 20.3 Å². The van der Waals surface area contributed by atoms with Gasteiger partial charge in [0.25, 0.3) is 0 Å². The van der Waals surface area contributed by atoms with Crippen molar-refractivity contribution in [3.05, 3.63) is 24.3 Å². The van der Waals surface area contributed by atoms with Crippen LogP contribution in [-0.4, -0.2) is 15.8 Å². The van der Waals surface area contributed by atoms with Crippen LogP contribution in [0.3, 0.4) is 0 Å². The van der Waals surface area contributed by atoms with Crippen LogP contribution in [0.2, 0.25) is 0 Å². The van der Waals surface area contributed by atoms with Crippen LogP contribution in [-0.2, 0) is 0 Å². The molecule has 3 nitrogen and oxygen atoms in total. The Morgan fingerprint density at radius 2 is 2.00 bits per heavy atom. The molecule has 0 saturated heterocycles. The summed E-state index contributed by atoms with van der Waals surface area (Å²) in [5, 5.41) is 0. The summed E-state index contributed by atoms with van der Waals surface area (Å²) in [4.78, 5) is 19.3. The zero-order valence-electron chi connectivity index (χ0n) is 8.73. The smallest absolute Gasteiger partial charge is 0.200 e. The fraction of sp³-hybridized carbons (Fsp3) is 0.545. The van der Waals surface area contributed by atoms with Gasteiger partial charge >= 0.3 is 0 Å². The summed E-state index contributed by atoms with van der Waals surface area (Å²) >= 11 is 0. The van der Waals surface area contributed by atoms with E-state index in [4.69, 9.17) is 0 Å². The van der Waals surface area contributed by atoms with E-state index in [0.29, 0.717) is 18.2 Å². The minimum Gasteiger partial charge on any atom is -0.291 e. The van der Waals surface area contributed by atoms with Gasteiger partial charge < -0.3 is 0 Å². The van der Waals surface area contributed by atoms with Gasteiger partial charge in [-0.2, -0.15) is 0 Å². The summed E-state index contributed by atoms with van der Waals surface area (Å²) in [7, 11) is 0. The Morgan fingerprint density at radius 1 is 1.36 bits per heavy atom. The summed E-state index contributed by atoms with van der Waals surface area (Å²) in [5.41, 5.74) is 0. The maximum Gasteiger partial charge on any atom is 0.200 e. The molecule has 0 radical (unpaired) electrons. The van der Waals surface area contributed by atoms with Crippen molar-refractivity contribution in [2.45, 2.75) is 33.1 Å². The third-order valence-corrected chi connectivity index (χ3v) is 2.00. The molecule has 0 unspecified atom stereocenters. The van der Waals surface area contributed by atoms with Crippen molar-refractivity contribution in [1.29, 1.82) is 0 Å². The second-order valence-corrected chi connectivity index (χ2v) is 3.78. The average Bonchev–Trinajstić information content (AvgIpc) is 2.18. The molecular formula is C11H16N2O. The van der Waals surface area contributed by atoms with Crippen molar-refractivity contribution in [1.82, 2.24) is 9.97 Å². The molecule has 14 heavy (non-hydrogen) atoms. The van der Waals surface area contributed by atoms with Gasteiger partial charge in [-0.25, -0.2) is 9.97 Å². The largest absolute Gasteiger partial charge is 0.291 e. The predicted octanol–water partition coefficient (Wildman–Crippen LogP) is 2.49. The van der Waals surface area contributed by atoms with Gasteiger partial charge in [0.1, 0.15) is 0 Å². The molecule has 0 bridgehead atoms. The Kier molecular flexibility index (Phi) is 4.23. The van der Waals surface area contributed by atoms with E-state index in [2.05, 4.69) is 23.8 Å². The fourth-order valence-corrected chi connectivity index (χ4v) is 1.23.